The molecule has 0 spiro atoms. The molecule has 0 radical (unpaired) electrons. The standard InChI is InChI=1S/C18H21N3O5S/c1-13(18(23)20-19-12-14-6-4-5-7-17(14)22)21(27(3,24)25)15-8-10-16(26-2)11-9-15/h4-13,22H,1-3H3,(H,20,23). The lowest BCUT2D eigenvalue weighted by Gasteiger charge is -2.27. The van der Waals surface area contributed by atoms with E-state index < -0.39 is 22.0 Å². The first-order valence-electron chi connectivity index (χ1n) is 7.98. The van der Waals surface area contributed by atoms with E-state index in [1.54, 1.807) is 42.5 Å². The lowest BCUT2D eigenvalue weighted by molar-refractivity contribution is -0.121. The Morgan fingerprint density at radius 1 is 1.22 bits per heavy atom. The third-order valence-electron chi connectivity index (χ3n) is 3.73. The molecule has 2 aromatic rings. The van der Waals surface area contributed by atoms with Gasteiger partial charge in [-0.3, -0.25) is 9.10 Å². The Morgan fingerprint density at radius 3 is 2.41 bits per heavy atom. The summed E-state index contributed by atoms with van der Waals surface area (Å²) in [6.45, 7) is 1.45. The van der Waals surface area contributed by atoms with E-state index in [0.29, 0.717) is 17.0 Å². The number of benzene rings is 2. The van der Waals surface area contributed by atoms with Crippen LogP contribution in [0.25, 0.3) is 0 Å². The van der Waals surface area contributed by atoms with Crippen molar-refractivity contribution < 1.29 is 23.1 Å². The highest BCUT2D eigenvalue weighted by molar-refractivity contribution is 7.92. The van der Waals surface area contributed by atoms with Crippen LogP contribution in [0.5, 0.6) is 11.5 Å². The molecule has 0 saturated carbocycles. The lowest BCUT2D eigenvalue weighted by atomic mass is 10.2. The minimum Gasteiger partial charge on any atom is -0.507 e. The predicted molar refractivity (Wildman–Crippen MR) is 104 cm³/mol. The van der Waals surface area contributed by atoms with E-state index in [4.69, 9.17) is 4.74 Å². The molecule has 8 nitrogen and oxygen atoms in total. The van der Waals surface area contributed by atoms with Gasteiger partial charge in [0, 0.05) is 5.56 Å². The van der Waals surface area contributed by atoms with Crippen LogP contribution in [0.3, 0.4) is 0 Å². The van der Waals surface area contributed by atoms with E-state index in [9.17, 15) is 18.3 Å². The van der Waals surface area contributed by atoms with Crippen LogP contribution in [-0.2, 0) is 14.8 Å². The summed E-state index contributed by atoms with van der Waals surface area (Å²) in [7, 11) is -2.22. The Balaban J connectivity index is 2.18. The van der Waals surface area contributed by atoms with Gasteiger partial charge in [-0.15, -0.1) is 0 Å². The highest BCUT2D eigenvalue weighted by Crippen LogP contribution is 2.23. The number of phenols is 1. The molecule has 0 bridgehead atoms. The van der Waals surface area contributed by atoms with Gasteiger partial charge >= 0.3 is 0 Å². The molecule has 144 valence electrons. The number of amides is 1. The number of rotatable bonds is 7. The first-order chi connectivity index (χ1) is 12.7. The number of sulfonamides is 1. The smallest absolute Gasteiger partial charge is 0.263 e. The molecular formula is C18H21N3O5S. The molecule has 1 amide bonds. The van der Waals surface area contributed by atoms with Crippen LogP contribution < -0.4 is 14.5 Å². The van der Waals surface area contributed by atoms with Crippen molar-refractivity contribution in [3.8, 4) is 11.5 Å². The Labute approximate surface area is 158 Å². The number of carbonyl (C=O) groups excluding carboxylic acids is 1. The second kappa shape index (κ2) is 8.54. The predicted octanol–water partition coefficient (Wildman–Crippen LogP) is 1.71. The first kappa shape index (κ1) is 20.2. The number of hydrogen-bond donors (Lipinski definition) is 2. The van der Waals surface area contributed by atoms with E-state index in [2.05, 4.69) is 10.5 Å². The molecule has 1 atom stereocenters. The van der Waals surface area contributed by atoms with Gasteiger partial charge in [0.1, 0.15) is 17.5 Å². The van der Waals surface area contributed by atoms with E-state index in [1.165, 1.54) is 26.3 Å². The average molecular weight is 391 g/mol. The van der Waals surface area contributed by atoms with E-state index in [1.807, 2.05) is 0 Å². The lowest BCUT2D eigenvalue weighted by Crippen LogP contribution is -2.46. The fraction of sp³-hybridized carbons (Fsp3) is 0.222. The second-order valence-electron chi connectivity index (χ2n) is 5.73. The summed E-state index contributed by atoms with van der Waals surface area (Å²) in [6.07, 6.45) is 2.30. The monoisotopic (exact) mass is 391 g/mol. The zero-order chi connectivity index (χ0) is 20.0. The van der Waals surface area contributed by atoms with E-state index >= 15 is 0 Å². The van der Waals surface area contributed by atoms with Gasteiger partial charge in [0.15, 0.2) is 0 Å². The fourth-order valence-corrected chi connectivity index (χ4v) is 3.57. The van der Waals surface area contributed by atoms with Gasteiger partial charge in [-0.1, -0.05) is 12.1 Å². The maximum absolute atomic E-state index is 12.4. The molecule has 2 rings (SSSR count). The van der Waals surface area contributed by atoms with Crippen molar-refractivity contribution in [1.82, 2.24) is 5.43 Å². The summed E-state index contributed by atoms with van der Waals surface area (Å²) in [4.78, 5) is 12.4. The quantitative estimate of drug-likeness (QED) is 0.552. The maximum atomic E-state index is 12.4. The van der Waals surface area contributed by atoms with Crippen LogP contribution in [0.15, 0.2) is 53.6 Å². The van der Waals surface area contributed by atoms with Gasteiger partial charge < -0.3 is 9.84 Å². The SMILES string of the molecule is COc1ccc(N(C(C)C(=O)NN=Cc2ccccc2O)S(C)(=O)=O)cc1. The van der Waals surface area contributed by atoms with Gasteiger partial charge in [0.2, 0.25) is 10.0 Å². The number of aromatic hydroxyl groups is 1. The Morgan fingerprint density at radius 2 is 1.85 bits per heavy atom. The van der Waals surface area contributed by atoms with Gasteiger partial charge in [0.05, 0.1) is 25.3 Å². The van der Waals surface area contributed by atoms with Gasteiger partial charge in [-0.05, 0) is 43.3 Å². The zero-order valence-corrected chi connectivity index (χ0v) is 16.0. The average Bonchev–Trinajstić information content (AvgIpc) is 2.62. The highest BCUT2D eigenvalue weighted by atomic mass is 32.2. The number of methoxy groups -OCH3 is 1. The number of carbonyl (C=O) groups is 1. The van der Waals surface area contributed by atoms with Crippen molar-refractivity contribution in [2.45, 2.75) is 13.0 Å². The van der Waals surface area contributed by atoms with Crippen molar-refractivity contribution in [2.75, 3.05) is 17.7 Å². The molecule has 1 unspecified atom stereocenters. The minimum atomic E-state index is -3.73. The fourth-order valence-electron chi connectivity index (χ4n) is 2.39. The number of phenolic OH excluding ortho intramolecular Hbond substituents is 1. The molecule has 2 N–H and O–H groups in total. The summed E-state index contributed by atoms with van der Waals surface area (Å²) in [5.74, 6) is -0.0426. The summed E-state index contributed by atoms with van der Waals surface area (Å²) in [6, 6.07) is 11.7. The molecule has 0 aliphatic heterocycles. The minimum absolute atomic E-state index is 0.0135. The summed E-state index contributed by atoms with van der Waals surface area (Å²) >= 11 is 0. The Bertz CT molecular complexity index is 926. The van der Waals surface area contributed by atoms with Crippen LogP contribution in [0, 0.1) is 0 Å². The number of hydrogen-bond acceptors (Lipinski definition) is 6. The largest absolute Gasteiger partial charge is 0.507 e. The van der Waals surface area contributed by atoms with Gasteiger partial charge in [0.25, 0.3) is 5.91 Å². The maximum Gasteiger partial charge on any atom is 0.263 e. The van der Waals surface area contributed by atoms with Crippen molar-refractivity contribution in [1.29, 1.82) is 0 Å². The van der Waals surface area contributed by atoms with Crippen LogP contribution in [0.1, 0.15) is 12.5 Å². The van der Waals surface area contributed by atoms with Crippen LogP contribution >= 0.6 is 0 Å². The number of nitrogens with one attached hydrogen (secondary N) is 1. The van der Waals surface area contributed by atoms with Crippen LogP contribution in [0.2, 0.25) is 0 Å². The van der Waals surface area contributed by atoms with Crippen molar-refractivity contribution in [3.63, 3.8) is 0 Å². The number of ether oxygens (including phenoxy) is 1. The Hall–Kier alpha value is -3.07. The summed E-state index contributed by atoms with van der Waals surface area (Å²) < 4.78 is 30.5. The molecule has 2 aromatic carbocycles. The van der Waals surface area contributed by atoms with Gasteiger partial charge in [-0.25, -0.2) is 13.8 Å². The molecular weight excluding hydrogens is 370 g/mol. The number of hydrazone groups is 1. The van der Waals surface area contributed by atoms with Crippen molar-refractivity contribution >= 4 is 27.8 Å². The normalized spacial score (nSPS) is 12.6. The third kappa shape index (κ3) is 5.20. The zero-order valence-electron chi connectivity index (χ0n) is 15.2. The molecule has 0 heterocycles. The van der Waals surface area contributed by atoms with E-state index in [-0.39, 0.29) is 5.75 Å². The van der Waals surface area contributed by atoms with Gasteiger partial charge in [-0.2, -0.15) is 5.10 Å². The van der Waals surface area contributed by atoms with Crippen LogP contribution in [0.4, 0.5) is 5.69 Å². The van der Waals surface area contributed by atoms with Crippen molar-refractivity contribution in [3.05, 3.63) is 54.1 Å². The summed E-state index contributed by atoms with van der Waals surface area (Å²) in [5.41, 5.74) is 3.03. The molecule has 0 saturated heterocycles. The Kier molecular flexibility index (Phi) is 6.40. The van der Waals surface area contributed by atoms with Crippen molar-refractivity contribution in [2.24, 2.45) is 5.10 Å². The van der Waals surface area contributed by atoms with Crippen LogP contribution in [-0.4, -0.2) is 45.1 Å². The molecule has 27 heavy (non-hydrogen) atoms. The summed E-state index contributed by atoms with van der Waals surface area (Å²) in [5, 5.41) is 13.5. The molecule has 0 aliphatic carbocycles. The molecule has 0 aromatic heterocycles. The number of para-hydroxylation sites is 1. The molecule has 0 fully saturated rings. The first-order valence-corrected chi connectivity index (χ1v) is 9.83. The topological polar surface area (TPSA) is 108 Å². The highest BCUT2D eigenvalue weighted by Gasteiger charge is 2.29. The third-order valence-corrected chi connectivity index (χ3v) is 4.97. The second-order valence-corrected chi connectivity index (χ2v) is 7.59. The van der Waals surface area contributed by atoms with E-state index in [0.717, 1.165) is 10.6 Å². The molecule has 9 heteroatoms. The molecule has 0 aliphatic rings. The number of anilines is 1. The number of nitrogens with zero attached hydrogens (tertiary/aromatic N) is 2.